The van der Waals surface area contributed by atoms with Crippen LogP contribution in [0.5, 0.6) is 0 Å². The fraction of sp³-hybridized carbons (Fsp3) is 0.909. The molecule has 1 saturated heterocycles. The van der Waals surface area contributed by atoms with E-state index in [1.807, 2.05) is 4.90 Å². The molecular weight excluding hydrogens is 279 g/mol. The van der Waals surface area contributed by atoms with Gasteiger partial charge in [0, 0.05) is 26.2 Å². The molecule has 1 atom stereocenters. The molecule has 3 N–H and O–H groups in total. The Morgan fingerprint density at radius 2 is 1.79 bits per heavy atom. The zero-order valence-corrected chi connectivity index (χ0v) is 11.5. The minimum absolute atomic E-state index is 0.0675. The van der Waals surface area contributed by atoms with Gasteiger partial charge in [-0.05, 0) is 19.5 Å². The van der Waals surface area contributed by atoms with Crippen LogP contribution in [0, 0.1) is 5.92 Å². The van der Waals surface area contributed by atoms with E-state index in [-0.39, 0.29) is 13.2 Å². The summed E-state index contributed by atoms with van der Waals surface area (Å²) in [6, 6.07) is 0. The number of rotatable bonds is 5. The monoisotopic (exact) mass is 299 g/mol. The van der Waals surface area contributed by atoms with E-state index in [0.29, 0.717) is 26.2 Å². The van der Waals surface area contributed by atoms with Crippen molar-refractivity contribution in [2.45, 2.75) is 12.6 Å². The molecule has 0 amide bonds. The molecule has 0 saturated carbocycles. The number of nitrogens with zero attached hydrogens (tertiary/aromatic N) is 2. The van der Waals surface area contributed by atoms with Crippen LogP contribution in [0.25, 0.3) is 0 Å². The molecule has 4 nitrogen and oxygen atoms in total. The van der Waals surface area contributed by atoms with Crippen molar-refractivity contribution < 1.29 is 18.3 Å². The van der Waals surface area contributed by atoms with Gasteiger partial charge in [-0.1, -0.05) is 12.2 Å². The third kappa shape index (κ3) is 5.60. The quantitative estimate of drug-likeness (QED) is 0.722. The molecule has 112 valence electrons. The Kier molecular flexibility index (Phi) is 6.45. The van der Waals surface area contributed by atoms with Gasteiger partial charge in [-0.2, -0.15) is 13.2 Å². The number of thiocarbonyl (C=S) groups is 1. The van der Waals surface area contributed by atoms with E-state index in [1.54, 1.807) is 4.90 Å². The van der Waals surface area contributed by atoms with Gasteiger partial charge in [0.15, 0.2) is 0 Å². The highest BCUT2D eigenvalue weighted by Gasteiger charge is 2.42. The summed E-state index contributed by atoms with van der Waals surface area (Å²) >= 11 is 4.52. The van der Waals surface area contributed by atoms with Gasteiger partial charge in [0.25, 0.3) is 0 Å². The minimum Gasteiger partial charge on any atom is -0.395 e. The van der Waals surface area contributed by atoms with E-state index < -0.39 is 17.1 Å². The second kappa shape index (κ2) is 7.37. The number of aliphatic hydroxyl groups is 1. The molecular formula is C11H20F3N3OS. The molecule has 0 aromatic carbocycles. The summed E-state index contributed by atoms with van der Waals surface area (Å²) in [5.74, 6) is -1.74. The number of hydrogen-bond donors (Lipinski definition) is 2. The zero-order chi connectivity index (χ0) is 14.5. The lowest BCUT2D eigenvalue weighted by Gasteiger charge is -2.27. The van der Waals surface area contributed by atoms with Crippen molar-refractivity contribution in [3.8, 4) is 0 Å². The van der Waals surface area contributed by atoms with Crippen LogP contribution in [0.2, 0.25) is 0 Å². The van der Waals surface area contributed by atoms with E-state index in [2.05, 4.69) is 12.2 Å². The van der Waals surface area contributed by atoms with Crippen LogP contribution in [0.1, 0.15) is 6.42 Å². The first-order chi connectivity index (χ1) is 8.84. The first kappa shape index (κ1) is 16.6. The molecule has 19 heavy (non-hydrogen) atoms. The van der Waals surface area contributed by atoms with E-state index in [1.165, 1.54) is 0 Å². The van der Waals surface area contributed by atoms with Crippen molar-refractivity contribution in [3.05, 3.63) is 0 Å². The van der Waals surface area contributed by atoms with Crippen LogP contribution in [-0.4, -0.2) is 71.9 Å². The maximum Gasteiger partial charge on any atom is 0.399 e. The van der Waals surface area contributed by atoms with Crippen LogP contribution < -0.4 is 5.73 Å². The summed E-state index contributed by atoms with van der Waals surface area (Å²) in [5.41, 5.74) is 5.20. The Bertz CT molecular complexity index is 301. The molecule has 0 spiro atoms. The van der Waals surface area contributed by atoms with Gasteiger partial charge in [0.05, 0.1) is 11.6 Å². The Balaban J connectivity index is 2.54. The van der Waals surface area contributed by atoms with E-state index in [4.69, 9.17) is 10.8 Å². The molecule has 0 aliphatic carbocycles. The lowest BCUT2D eigenvalue weighted by Crippen LogP contribution is -2.44. The number of β-amino-alcohol motifs (C(OH)–C–C–N with tert-alkyl or cyclic N) is 1. The SMILES string of the molecule is NC(=S)C(CN1CCCN(CCO)CC1)C(F)(F)F. The van der Waals surface area contributed by atoms with Gasteiger partial charge in [-0.25, -0.2) is 0 Å². The molecule has 0 bridgehead atoms. The molecule has 0 aromatic heterocycles. The van der Waals surface area contributed by atoms with Crippen LogP contribution >= 0.6 is 12.2 Å². The summed E-state index contributed by atoms with van der Waals surface area (Å²) in [7, 11) is 0. The highest BCUT2D eigenvalue weighted by atomic mass is 32.1. The van der Waals surface area contributed by atoms with Gasteiger partial charge < -0.3 is 15.7 Å². The molecule has 1 aliphatic rings. The van der Waals surface area contributed by atoms with Crippen molar-refractivity contribution in [1.82, 2.24) is 9.80 Å². The van der Waals surface area contributed by atoms with Gasteiger partial charge in [-0.3, -0.25) is 4.90 Å². The lowest BCUT2D eigenvalue weighted by molar-refractivity contribution is -0.159. The lowest BCUT2D eigenvalue weighted by atomic mass is 10.1. The molecule has 1 fully saturated rings. The first-order valence-corrected chi connectivity index (χ1v) is 6.67. The average molecular weight is 299 g/mol. The second-order valence-corrected chi connectivity index (χ2v) is 5.19. The molecule has 0 aromatic rings. The van der Waals surface area contributed by atoms with Gasteiger partial charge in [-0.15, -0.1) is 0 Å². The van der Waals surface area contributed by atoms with Crippen molar-refractivity contribution in [2.75, 3.05) is 45.9 Å². The maximum absolute atomic E-state index is 12.8. The van der Waals surface area contributed by atoms with E-state index >= 15 is 0 Å². The van der Waals surface area contributed by atoms with Gasteiger partial charge in [0.2, 0.25) is 0 Å². The number of aliphatic hydroxyl groups excluding tert-OH is 1. The Hall–Kier alpha value is -0.440. The van der Waals surface area contributed by atoms with Crippen LogP contribution in [0.4, 0.5) is 13.2 Å². The van der Waals surface area contributed by atoms with Crippen LogP contribution in [0.15, 0.2) is 0 Å². The summed E-state index contributed by atoms with van der Waals surface area (Å²) < 4.78 is 38.4. The topological polar surface area (TPSA) is 52.7 Å². The van der Waals surface area contributed by atoms with Gasteiger partial charge >= 0.3 is 6.18 Å². The van der Waals surface area contributed by atoms with Crippen LogP contribution in [-0.2, 0) is 0 Å². The molecule has 1 heterocycles. The summed E-state index contributed by atoms with van der Waals surface area (Å²) in [5, 5.41) is 8.86. The highest BCUT2D eigenvalue weighted by Crippen LogP contribution is 2.27. The third-order valence-electron chi connectivity index (χ3n) is 3.28. The minimum atomic E-state index is -4.39. The van der Waals surface area contributed by atoms with Gasteiger partial charge in [0.1, 0.15) is 5.92 Å². The third-order valence-corrected chi connectivity index (χ3v) is 3.56. The number of halogens is 3. The number of nitrogens with two attached hydrogens (primary N) is 1. The number of alkyl halides is 3. The second-order valence-electron chi connectivity index (χ2n) is 4.72. The molecule has 1 aliphatic heterocycles. The highest BCUT2D eigenvalue weighted by molar-refractivity contribution is 7.80. The molecule has 1 unspecified atom stereocenters. The van der Waals surface area contributed by atoms with Crippen LogP contribution in [0.3, 0.4) is 0 Å². The predicted molar refractivity (Wildman–Crippen MR) is 70.9 cm³/mol. The standard InChI is InChI=1S/C11H20F3N3OS/c12-11(13,14)9(10(15)19)8-17-3-1-2-16(4-5-17)6-7-18/h9,18H,1-8H2,(H2,15,19). The fourth-order valence-electron chi connectivity index (χ4n) is 2.18. The average Bonchev–Trinajstić information content (AvgIpc) is 2.50. The summed E-state index contributed by atoms with van der Waals surface area (Å²) in [6.45, 7) is 3.03. The van der Waals surface area contributed by atoms with Crippen molar-refractivity contribution in [1.29, 1.82) is 0 Å². The zero-order valence-electron chi connectivity index (χ0n) is 10.7. The number of hydrogen-bond acceptors (Lipinski definition) is 4. The van der Waals surface area contributed by atoms with Crippen molar-refractivity contribution in [3.63, 3.8) is 0 Å². The largest absolute Gasteiger partial charge is 0.399 e. The van der Waals surface area contributed by atoms with Crippen molar-refractivity contribution >= 4 is 17.2 Å². The Labute approximate surface area is 116 Å². The molecule has 8 heteroatoms. The molecule has 1 rings (SSSR count). The predicted octanol–water partition coefficient (Wildman–Crippen LogP) is 0.451. The van der Waals surface area contributed by atoms with Crippen molar-refractivity contribution in [2.24, 2.45) is 11.7 Å². The van der Waals surface area contributed by atoms with E-state index in [9.17, 15) is 13.2 Å². The first-order valence-electron chi connectivity index (χ1n) is 6.26. The normalized spacial score (nSPS) is 21.1. The maximum atomic E-state index is 12.8. The fourth-order valence-corrected chi connectivity index (χ4v) is 2.39. The summed E-state index contributed by atoms with van der Waals surface area (Å²) in [6.07, 6.45) is -3.61. The summed E-state index contributed by atoms with van der Waals surface area (Å²) in [4.78, 5) is 3.29. The Morgan fingerprint density at radius 1 is 1.21 bits per heavy atom. The molecule has 0 radical (unpaired) electrons. The van der Waals surface area contributed by atoms with E-state index in [0.717, 1.165) is 13.0 Å². The Morgan fingerprint density at radius 3 is 2.32 bits per heavy atom. The smallest absolute Gasteiger partial charge is 0.395 e.